The summed E-state index contributed by atoms with van der Waals surface area (Å²) in [6, 6.07) is 0. The van der Waals surface area contributed by atoms with Gasteiger partial charge in [0, 0.05) is 19.0 Å². The molecule has 0 unspecified atom stereocenters. The van der Waals surface area contributed by atoms with E-state index < -0.39 is 0 Å². The molecular formula is C13H19NO3. The second-order valence-corrected chi connectivity index (χ2v) is 5.68. The van der Waals surface area contributed by atoms with E-state index in [0.29, 0.717) is 18.8 Å². The van der Waals surface area contributed by atoms with E-state index in [2.05, 4.69) is 6.58 Å². The molecule has 2 aliphatic heterocycles. The summed E-state index contributed by atoms with van der Waals surface area (Å²) in [6.45, 7) is 4.61. The Kier molecular flexibility index (Phi) is 2.35. The van der Waals surface area contributed by atoms with E-state index >= 15 is 0 Å². The fourth-order valence-corrected chi connectivity index (χ4v) is 3.80. The highest BCUT2D eigenvalue weighted by molar-refractivity contribution is 5.80. The number of piperidine rings is 1. The number of rotatable bonds is 2. The molecule has 2 heterocycles. The van der Waals surface area contributed by atoms with Crippen LogP contribution in [0, 0.1) is 17.3 Å². The first-order valence-electron chi connectivity index (χ1n) is 6.26. The Morgan fingerprint density at radius 3 is 3.06 bits per heavy atom. The highest BCUT2D eigenvalue weighted by Gasteiger charge is 2.59. The van der Waals surface area contributed by atoms with E-state index in [1.807, 2.05) is 13.1 Å². The van der Waals surface area contributed by atoms with Gasteiger partial charge < -0.3 is 14.7 Å². The maximum atomic E-state index is 12.1. The smallest absolute Gasteiger partial charge is 0.228 e. The number of epoxide rings is 1. The normalized spacial score (nSPS) is 48.4. The molecule has 3 fully saturated rings. The van der Waals surface area contributed by atoms with Crippen molar-refractivity contribution >= 4 is 5.91 Å². The highest BCUT2D eigenvalue weighted by Crippen LogP contribution is 2.55. The number of aliphatic hydroxyl groups is 1. The molecule has 2 saturated heterocycles. The van der Waals surface area contributed by atoms with E-state index in [4.69, 9.17) is 4.74 Å². The summed E-state index contributed by atoms with van der Waals surface area (Å²) in [4.78, 5) is 13.8. The third-order valence-electron chi connectivity index (χ3n) is 4.81. The fourth-order valence-electron chi connectivity index (χ4n) is 3.80. The van der Waals surface area contributed by atoms with Crippen molar-refractivity contribution in [3.63, 3.8) is 0 Å². The number of hydrogen-bond donors (Lipinski definition) is 1. The first-order chi connectivity index (χ1) is 8.11. The summed E-state index contributed by atoms with van der Waals surface area (Å²) < 4.78 is 5.60. The summed E-state index contributed by atoms with van der Waals surface area (Å²) in [5, 5.41) is 9.51. The molecular weight excluding hydrogens is 218 g/mol. The first-order valence-corrected chi connectivity index (χ1v) is 6.26. The van der Waals surface area contributed by atoms with Crippen molar-refractivity contribution in [2.45, 2.75) is 25.0 Å². The van der Waals surface area contributed by atoms with E-state index in [-0.39, 0.29) is 29.8 Å². The number of fused-ring (bicyclic) bond motifs is 2. The van der Waals surface area contributed by atoms with E-state index in [1.165, 1.54) is 0 Å². The number of hydrogen-bond acceptors (Lipinski definition) is 3. The van der Waals surface area contributed by atoms with Crippen LogP contribution in [0.4, 0.5) is 0 Å². The molecule has 0 spiro atoms. The lowest BCUT2D eigenvalue weighted by Gasteiger charge is -2.50. The van der Waals surface area contributed by atoms with Crippen LogP contribution in [-0.4, -0.2) is 48.3 Å². The molecule has 5 atom stereocenters. The van der Waals surface area contributed by atoms with Crippen molar-refractivity contribution < 1.29 is 14.6 Å². The summed E-state index contributed by atoms with van der Waals surface area (Å²) >= 11 is 0. The molecule has 4 heteroatoms. The third kappa shape index (κ3) is 1.47. The number of carbonyl (C=O) groups is 1. The molecule has 1 amide bonds. The van der Waals surface area contributed by atoms with Crippen LogP contribution in [0.1, 0.15) is 12.8 Å². The van der Waals surface area contributed by atoms with Crippen molar-refractivity contribution in [1.82, 2.24) is 4.90 Å². The highest BCUT2D eigenvalue weighted by atomic mass is 16.6. The minimum Gasteiger partial charge on any atom is -0.396 e. The molecule has 1 N–H and O–H groups in total. The second-order valence-electron chi connectivity index (χ2n) is 5.68. The molecule has 94 valence electrons. The summed E-state index contributed by atoms with van der Waals surface area (Å²) in [5.41, 5.74) is -0.0618. The van der Waals surface area contributed by atoms with Crippen molar-refractivity contribution in [3.8, 4) is 0 Å². The fraction of sp³-hybridized carbons (Fsp3) is 0.769. The number of ether oxygens (including phenoxy) is 1. The molecule has 3 rings (SSSR count). The van der Waals surface area contributed by atoms with Gasteiger partial charge >= 0.3 is 0 Å². The van der Waals surface area contributed by atoms with Gasteiger partial charge in [-0.1, -0.05) is 6.08 Å². The molecule has 3 aliphatic rings. The standard InChI is InChI=1S/C13H19NO3/c1-3-13-5-11-10(17-11)4-9(13)8(6-15)12(16)14(2)7-13/h3,8-11,15H,1,4-7H2,2H3/t8-,9+,10-,11+,13-/m1/s1. The molecule has 1 aliphatic carbocycles. The van der Waals surface area contributed by atoms with Gasteiger partial charge in [-0.25, -0.2) is 0 Å². The van der Waals surface area contributed by atoms with E-state index in [1.54, 1.807) is 4.90 Å². The van der Waals surface area contributed by atoms with Crippen LogP contribution in [0.15, 0.2) is 12.7 Å². The van der Waals surface area contributed by atoms with E-state index in [0.717, 1.165) is 12.8 Å². The maximum Gasteiger partial charge on any atom is 0.228 e. The van der Waals surface area contributed by atoms with Crippen molar-refractivity contribution in [2.75, 3.05) is 20.2 Å². The average Bonchev–Trinajstić information content (AvgIpc) is 3.06. The zero-order chi connectivity index (χ0) is 12.2. The summed E-state index contributed by atoms with van der Waals surface area (Å²) in [6.07, 6.45) is 4.49. The molecule has 0 aromatic heterocycles. The monoisotopic (exact) mass is 237 g/mol. The van der Waals surface area contributed by atoms with Crippen molar-refractivity contribution in [3.05, 3.63) is 12.7 Å². The second kappa shape index (κ2) is 3.56. The third-order valence-corrected chi connectivity index (χ3v) is 4.81. The zero-order valence-corrected chi connectivity index (χ0v) is 10.1. The molecule has 0 bridgehead atoms. The van der Waals surface area contributed by atoms with Gasteiger partial charge in [0.15, 0.2) is 0 Å². The van der Waals surface area contributed by atoms with Gasteiger partial charge in [0.2, 0.25) is 5.91 Å². The van der Waals surface area contributed by atoms with Crippen molar-refractivity contribution in [1.29, 1.82) is 0 Å². The molecule has 0 aromatic carbocycles. The van der Waals surface area contributed by atoms with Crippen LogP contribution in [0.25, 0.3) is 0 Å². The van der Waals surface area contributed by atoms with Gasteiger partial charge in [-0.3, -0.25) is 4.79 Å². The first kappa shape index (κ1) is 11.2. The Labute approximate surface area is 101 Å². The van der Waals surface area contributed by atoms with Crippen molar-refractivity contribution in [2.24, 2.45) is 17.3 Å². The summed E-state index contributed by atoms with van der Waals surface area (Å²) in [5.74, 6) is -0.0246. The number of amides is 1. The van der Waals surface area contributed by atoms with Gasteiger partial charge in [-0.15, -0.1) is 6.58 Å². The Balaban J connectivity index is 1.96. The molecule has 17 heavy (non-hydrogen) atoms. The number of aliphatic hydroxyl groups excluding tert-OH is 1. The van der Waals surface area contributed by atoms with Gasteiger partial charge in [0.25, 0.3) is 0 Å². The predicted octanol–water partition coefficient (Wildman–Crippen LogP) is 0.417. The number of carbonyl (C=O) groups excluding carboxylic acids is 1. The maximum absolute atomic E-state index is 12.1. The van der Waals surface area contributed by atoms with E-state index in [9.17, 15) is 9.90 Å². The average molecular weight is 237 g/mol. The lowest BCUT2D eigenvalue weighted by atomic mass is 9.59. The Hall–Kier alpha value is -0.870. The van der Waals surface area contributed by atoms with Crippen LogP contribution < -0.4 is 0 Å². The van der Waals surface area contributed by atoms with Gasteiger partial charge in [0.1, 0.15) is 0 Å². The minimum absolute atomic E-state index is 0.0618. The topological polar surface area (TPSA) is 53.1 Å². The lowest BCUT2D eigenvalue weighted by Crippen LogP contribution is -2.57. The minimum atomic E-state index is -0.281. The Morgan fingerprint density at radius 2 is 2.41 bits per heavy atom. The summed E-state index contributed by atoms with van der Waals surface area (Å²) in [7, 11) is 1.81. The molecule has 4 nitrogen and oxygen atoms in total. The van der Waals surface area contributed by atoms with Crippen LogP contribution >= 0.6 is 0 Å². The SMILES string of the molecule is C=C[C@]12C[C@@H]3O[C@@H]3C[C@H]1[C@@H](CO)C(=O)N(C)C2. The molecule has 0 aromatic rings. The molecule has 1 saturated carbocycles. The zero-order valence-electron chi connectivity index (χ0n) is 10.1. The number of likely N-dealkylation sites (tertiary alicyclic amines) is 1. The quantitative estimate of drug-likeness (QED) is 0.559. The Morgan fingerprint density at radius 1 is 1.65 bits per heavy atom. The largest absolute Gasteiger partial charge is 0.396 e. The van der Waals surface area contributed by atoms with Gasteiger partial charge in [-0.05, 0) is 18.8 Å². The number of nitrogens with zero attached hydrogens (tertiary/aromatic N) is 1. The molecule has 0 radical (unpaired) electrons. The Bertz CT molecular complexity index is 370. The van der Waals surface area contributed by atoms with Crippen LogP contribution in [0.5, 0.6) is 0 Å². The lowest BCUT2D eigenvalue weighted by molar-refractivity contribution is -0.149. The predicted molar refractivity (Wildman–Crippen MR) is 62.2 cm³/mol. The van der Waals surface area contributed by atoms with Crippen LogP contribution in [0.2, 0.25) is 0 Å². The van der Waals surface area contributed by atoms with Crippen LogP contribution in [0.3, 0.4) is 0 Å². The van der Waals surface area contributed by atoms with Crippen LogP contribution in [-0.2, 0) is 9.53 Å². The van der Waals surface area contributed by atoms with Gasteiger partial charge in [-0.2, -0.15) is 0 Å². The van der Waals surface area contributed by atoms with Gasteiger partial charge in [0.05, 0.1) is 24.7 Å².